The summed E-state index contributed by atoms with van der Waals surface area (Å²) in [6.45, 7) is 0.593. The largest absolute Gasteiger partial charge is 0.491 e. The molecule has 0 aromatic heterocycles. The lowest BCUT2D eigenvalue weighted by molar-refractivity contribution is -0.384. The highest BCUT2D eigenvalue weighted by molar-refractivity contribution is 9.09. The third-order valence-electron chi connectivity index (χ3n) is 4.11. The first-order valence-corrected chi connectivity index (χ1v) is 8.69. The van der Waals surface area contributed by atoms with E-state index in [0.717, 1.165) is 18.2 Å². The average Bonchev–Trinajstić information content (AvgIpc) is 2.72. The summed E-state index contributed by atoms with van der Waals surface area (Å²) in [7, 11) is 0. The molecule has 21 heavy (non-hydrogen) atoms. The van der Waals surface area contributed by atoms with Crippen LogP contribution in [0.3, 0.4) is 0 Å². The van der Waals surface area contributed by atoms with Crippen molar-refractivity contribution in [2.75, 3.05) is 11.9 Å². The topological polar surface area (TPSA) is 52.4 Å². The molecule has 0 atom stereocenters. The number of hydrogen-bond donors (Lipinski definition) is 0. The summed E-state index contributed by atoms with van der Waals surface area (Å²) in [4.78, 5) is 10.2. The van der Waals surface area contributed by atoms with Gasteiger partial charge in [-0.15, -0.1) is 0 Å². The van der Waals surface area contributed by atoms with E-state index in [-0.39, 0.29) is 11.1 Å². The van der Waals surface area contributed by atoms with E-state index in [4.69, 9.17) is 16.3 Å². The number of halogens is 2. The second-order valence-corrected chi connectivity index (χ2v) is 6.68. The molecule has 1 aliphatic rings. The highest BCUT2D eigenvalue weighted by atomic mass is 79.9. The van der Waals surface area contributed by atoms with Crippen LogP contribution in [-0.2, 0) is 0 Å². The first-order valence-electron chi connectivity index (χ1n) is 7.19. The van der Waals surface area contributed by atoms with Gasteiger partial charge in [-0.2, -0.15) is 0 Å². The minimum atomic E-state index is -0.457. The van der Waals surface area contributed by atoms with Crippen LogP contribution in [0.15, 0.2) is 18.2 Å². The Morgan fingerprint density at radius 3 is 2.48 bits per heavy atom. The standard InChI is InChI=1S/C15H19BrClNO3/c16-10-15(7-3-1-2-4-8-15)11-21-14-6-5-12(18(19)20)9-13(14)17/h5-6,9H,1-4,7-8,10-11H2. The normalized spacial score (nSPS) is 18.0. The van der Waals surface area contributed by atoms with Crippen molar-refractivity contribution in [1.29, 1.82) is 0 Å². The van der Waals surface area contributed by atoms with Crippen LogP contribution in [0, 0.1) is 15.5 Å². The lowest BCUT2D eigenvalue weighted by Gasteiger charge is -2.30. The summed E-state index contributed by atoms with van der Waals surface area (Å²) in [6, 6.07) is 4.35. The van der Waals surface area contributed by atoms with Gasteiger partial charge in [-0.3, -0.25) is 10.1 Å². The van der Waals surface area contributed by atoms with E-state index < -0.39 is 4.92 Å². The molecule has 0 heterocycles. The van der Waals surface area contributed by atoms with Gasteiger partial charge in [0.25, 0.3) is 5.69 Å². The third-order valence-corrected chi connectivity index (χ3v) is 5.59. The number of benzene rings is 1. The Labute approximate surface area is 138 Å². The molecule has 1 fully saturated rings. The summed E-state index contributed by atoms with van der Waals surface area (Å²) in [5.74, 6) is 0.520. The highest BCUT2D eigenvalue weighted by Gasteiger charge is 2.31. The quantitative estimate of drug-likeness (QED) is 0.301. The van der Waals surface area contributed by atoms with Crippen molar-refractivity contribution in [3.05, 3.63) is 33.3 Å². The van der Waals surface area contributed by atoms with Gasteiger partial charge in [0.15, 0.2) is 0 Å². The van der Waals surface area contributed by atoms with E-state index in [1.807, 2.05) is 0 Å². The van der Waals surface area contributed by atoms with E-state index in [0.29, 0.717) is 17.4 Å². The van der Waals surface area contributed by atoms with Gasteiger partial charge in [-0.25, -0.2) is 0 Å². The molecule has 1 aromatic rings. The van der Waals surface area contributed by atoms with Gasteiger partial charge in [-0.1, -0.05) is 53.2 Å². The number of non-ortho nitro benzene ring substituents is 1. The van der Waals surface area contributed by atoms with Gasteiger partial charge in [0, 0.05) is 22.9 Å². The van der Waals surface area contributed by atoms with Gasteiger partial charge in [0.1, 0.15) is 5.75 Å². The number of ether oxygens (including phenoxy) is 1. The van der Waals surface area contributed by atoms with Crippen LogP contribution in [0.2, 0.25) is 5.02 Å². The maximum absolute atomic E-state index is 10.7. The highest BCUT2D eigenvalue weighted by Crippen LogP contribution is 2.38. The SMILES string of the molecule is O=[N+]([O-])c1ccc(OCC2(CBr)CCCCCC2)c(Cl)c1. The van der Waals surface area contributed by atoms with Crippen molar-refractivity contribution in [2.24, 2.45) is 5.41 Å². The van der Waals surface area contributed by atoms with Gasteiger partial charge >= 0.3 is 0 Å². The van der Waals surface area contributed by atoms with Crippen LogP contribution >= 0.6 is 27.5 Å². The van der Waals surface area contributed by atoms with Gasteiger partial charge in [-0.05, 0) is 18.9 Å². The van der Waals surface area contributed by atoms with Crippen molar-refractivity contribution >= 4 is 33.2 Å². The van der Waals surface area contributed by atoms with E-state index in [9.17, 15) is 10.1 Å². The van der Waals surface area contributed by atoms with Crippen LogP contribution in [0.1, 0.15) is 38.5 Å². The first kappa shape index (κ1) is 16.6. The zero-order valence-electron chi connectivity index (χ0n) is 11.8. The average molecular weight is 377 g/mol. The van der Waals surface area contributed by atoms with Gasteiger partial charge in [0.05, 0.1) is 16.6 Å². The number of rotatable bonds is 5. The van der Waals surface area contributed by atoms with Crippen LogP contribution in [-0.4, -0.2) is 16.9 Å². The van der Waals surface area contributed by atoms with E-state index >= 15 is 0 Å². The lowest BCUT2D eigenvalue weighted by Crippen LogP contribution is -2.30. The molecule has 0 bridgehead atoms. The monoisotopic (exact) mass is 375 g/mol. The van der Waals surface area contributed by atoms with Gasteiger partial charge in [0.2, 0.25) is 0 Å². The molecule has 0 spiro atoms. The minimum absolute atomic E-state index is 0.0166. The fraction of sp³-hybridized carbons (Fsp3) is 0.600. The Hall–Kier alpha value is -0.810. The molecule has 0 unspecified atom stereocenters. The van der Waals surface area contributed by atoms with E-state index in [1.165, 1.54) is 37.8 Å². The minimum Gasteiger partial charge on any atom is -0.491 e. The Kier molecular flexibility index (Phi) is 5.88. The molecule has 116 valence electrons. The molecule has 6 heteroatoms. The van der Waals surface area contributed by atoms with Crippen LogP contribution in [0.25, 0.3) is 0 Å². The molecule has 2 rings (SSSR count). The van der Waals surface area contributed by atoms with Crippen LogP contribution in [0.4, 0.5) is 5.69 Å². The molecule has 0 N–H and O–H groups in total. The Morgan fingerprint density at radius 2 is 1.95 bits per heavy atom. The second-order valence-electron chi connectivity index (χ2n) is 5.71. The van der Waals surface area contributed by atoms with Crippen molar-refractivity contribution in [1.82, 2.24) is 0 Å². The molecular weight excluding hydrogens is 358 g/mol. The predicted octanol–water partition coefficient (Wildman–Crippen LogP) is 5.36. The molecule has 0 radical (unpaired) electrons. The molecule has 4 nitrogen and oxygen atoms in total. The van der Waals surface area contributed by atoms with Crippen molar-refractivity contribution in [3.8, 4) is 5.75 Å². The summed E-state index contributed by atoms with van der Waals surface area (Å²) < 4.78 is 5.88. The number of nitrogens with zero attached hydrogens (tertiary/aromatic N) is 1. The molecule has 0 amide bonds. The second kappa shape index (κ2) is 7.45. The summed E-state index contributed by atoms with van der Waals surface area (Å²) in [5.41, 5.74) is 0.124. The van der Waals surface area contributed by atoms with Crippen molar-refractivity contribution in [3.63, 3.8) is 0 Å². The molecule has 1 aliphatic carbocycles. The summed E-state index contributed by atoms with van der Waals surface area (Å²) in [5, 5.41) is 11.9. The number of alkyl halides is 1. The fourth-order valence-electron chi connectivity index (χ4n) is 2.75. The maximum atomic E-state index is 10.7. The molecular formula is C15H19BrClNO3. The van der Waals surface area contributed by atoms with Crippen LogP contribution < -0.4 is 4.74 Å². The molecule has 0 aliphatic heterocycles. The van der Waals surface area contributed by atoms with E-state index in [1.54, 1.807) is 6.07 Å². The zero-order chi connectivity index (χ0) is 15.3. The number of nitro groups is 1. The molecule has 1 aromatic carbocycles. The fourth-order valence-corrected chi connectivity index (χ4v) is 3.70. The maximum Gasteiger partial charge on any atom is 0.271 e. The zero-order valence-corrected chi connectivity index (χ0v) is 14.2. The first-order chi connectivity index (χ1) is 10.1. The number of nitro benzene ring substituents is 1. The summed E-state index contributed by atoms with van der Waals surface area (Å²) >= 11 is 9.69. The Morgan fingerprint density at radius 1 is 1.29 bits per heavy atom. The smallest absolute Gasteiger partial charge is 0.271 e. The molecule has 1 saturated carbocycles. The van der Waals surface area contributed by atoms with Crippen molar-refractivity contribution < 1.29 is 9.66 Å². The van der Waals surface area contributed by atoms with Gasteiger partial charge < -0.3 is 4.74 Å². The third kappa shape index (κ3) is 4.33. The van der Waals surface area contributed by atoms with Crippen molar-refractivity contribution in [2.45, 2.75) is 38.5 Å². The Balaban J connectivity index is 2.05. The van der Waals surface area contributed by atoms with Crippen LogP contribution in [0.5, 0.6) is 5.75 Å². The molecule has 0 saturated heterocycles. The predicted molar refractivity (Wildman–Crippen MR) is 87.5 cm³/mol. The Bertz CT molecular complexity index is 502. The lowest BCUT2D eigenvalue weighted by atomic mass is 9.83. The summed E-state index contributed by atoms with van der Waals surface area (Å²) in [6.07, 6.45) is 7.30. The van der Waals surface area contributed by atoms with E-state index in [2.05, 4.69) is 15.9 Å². The number of hydrogen-bond acceptors (Lipinski definition) is 3.